The lowest BCUT2D eigenvalue weighted by atomic mass is 9.88. The van der Waals surface area contributed by atoms with E-state index in [0.717, 1.165) is 16.0 Å². The van der Waals surface area contributed by atoms with Crippen molar-refractivity contribution in [2.75, 3.05) is 6.61 Å². The van der Waals surface area contributed by atoms with Gasteiger partial charge >= 0.3 is 12.2 Å². The number of amides is 3. The molecule has 0 aliphatic carbocycles. The summed E-state index contributed by atoms with van der Waals surface area (Å²) in [7, 11) is 0. The first-order chi connectivity index (χ1) is 13.5. The smallest absolute Gasteiger partial charge is 0.417 e. The number of carbonyl (C=O) groups excluding carboxylic acids is 2. The van der Waals surface area contributed by atoms with Crippen molar-refractivity contribution in [3.8, 4) is 0 Å². The Morgan fingerprint density at radius 2 is 1.75 bits per heavy atom. The van der Waals surface area contributed by atoms with Crippen LogP contribution in [0.3, 0.4) is 0 Å². The van der Waals surface area contributed by atoms with Gasteiger partial charge in [0.05, 0.1) is 0 Å². The summed E-state index contributed by atoms with van der Waals surface area (Å²) in [6.07, 6.45) is -1.57. The van der Waals surface area contributed by atoms with Gasteiger partial charge in [-0.25, -0.2) is 14.5 Å². The SMILES string of the molecule is CC[C@@H](c1ccccc1)[C@H](NC(=O)O)C(=O)N1C(=O)OC[C@@H]1c1ccccc1. The summed E-state index contributed by atoms with van der Waals surface area (Å²) in [5.41, 5.74) is 1.57. The van der Waals surface area contributed by atoms with Crippen LogP contribution >= 0.6 is 0 Å². The number of hydrogen-bond acceptors (Lipinski definition) is 4. The van der Waals surface area contributed by atoms with Gasteiger partial charge in [0.25, 0.3) is 5.91 Å². The van der Waals surface area contributed by atoms with Crippen molar-refractivity contribution in [3.05, 3.63) is 71.8 Å². The molecular weight excluding hydrogens is 360 g/mol. The third-order valence-electron chi connectivity index (χ3n) is 4.91. The Morgan fingerprint density at radius 3 is 2.32 bits per heavy atom. The highest BCUT2D eigenvalue weighted by Gasteiger charge is 2.44. The number of rotatable bonds is 6. The lowest BCUT2D eigenvalue weighted by Crippen LogP contribution is -2.52. The van der Waals surface area contributed by atoms with Gasteiger partial charge in [-0.05, 0) is 17.5 Å². The minimum Gasteiger partial charge on any atom is -0.465 e. The minimum atomic E-state index is -1.32. The van der Waals surface area contributed by atoms with E-state index in [4.69, 9.17) is 4.74 Å². The highest BCUT2D eigenvalue weighted by Crippen LogP contribution is 2.32. The maximum Gasteiger partial charge on any atom is 0.417 e. The van der Waals surface area contributed by atoms with Crippen LogP contribution in [0.1, 0.15) is 36.4 Å². The predicted octanol–water partition coefficient (Wildman–Crippen LogP) is 3.54. The number of cyclic esters (lactones) is 1. The fourth-order valence-electron chi connectivity index (χ4n) is 3.57. The Hall–Kier alpha value is -3.35. The van der Waals surface area contributed by atoms with Gasteiger partial charge in [-0.3, -0.25) is 4.79 Å². The van der Waals surface area contributed by atoms with E-state index in [1.165, 1.54) is 0 Å². The second-order valence-corrected chi connectivity index (χ2v) is 6.56. The third kappa shape index (κ3) is 3.98. The standard InChI is InChI=1S/C21H22N2O5/c1-2-16(14-9-5-3-6-10-14)18(22-20(25)26)19(24)23-17(13-28-21(23)27)15-11-7-4-8-12-15/h3-12,16-18,22H,2,13H2,1H3,(H,25,26)/t16-,17+,18-/m0/s1. The van der Waals surface area contributed by atoms with E-state index in [-0.39, 0.29) is 6.61 Å². The molecular formula is C21H22N2O5. The van der Waals surface area contributed by atoms with Crippen LogP contribution in [0.15, 0.2) is 60.7 Å². The average molecular weight is 382 g/mol. The number of benzene rings is 2. The molecule has 0 spiro atoms. The van der Waals surface area contributed by atoms with Gasteiger partial charge in [0.2, 0.25) is 0 Å². The second-order valence-electron chi connectivity index (χ2n) is 6.56. The van der Waals surface area contributed by atoms with Crippen LogP contribution < -0.4 is 5.32 Å². The average Bonchev–Trinajstić information content (AvgIpc) is 3.10. The number of nitrogens with one attached hydrogen (secondary N) is 1. The molecule has 3 rings (SSSR count). The van der Waals surface area contributed by atoms with Crippen LogP contribution in [0, 0.1) is 0 Å². The van der Waals surface area contributed by atoms with Gasteiger partial charge in [-0.1, -0.05) is 67.6 Å². The van der Waals surface area contributed by atoms with Gasteiger partial charge in [0.1, 0.15) is 18.7 Å². The predicted molar refractivity (Wildman–Crippen MR) is 102 cm³/mol. The molecule has 1 aliphatic heterocycles. The number of carbonyl (C=O) groups is 3. The molecule has 28 heavy (non-hydrogen) atoms. The summed E-state index contributed by atoms with van der Waals surface area (Å²) >= 11 is 0. The molecule has 3 amide bonds. The monoisotopic (exact) mass is 382 g/mol. The first kappa shape index (κ1) is 19.4. The van der Waals surface area contributed by atoms with Crippen LogP contribution in [0.25, 0.3) is 0 Å². The molecule has 1 aliphatic rings. The van der Waals surface area contributed by atoms with E-state index >= 15 is 0 Å². The molecule has 3 atom stereocenters. The largest absolute Gasteiger partial charge is 0.465 e. The van der Waals surface area contributed by atoms with E-state index in [2.05, 4.69) is 5.32 Å². The lowest BCUT2D eigenvalue weighted by molar-refractivity contribution is -0.132. The molecule has 7 nitrogen and oxygen atoms in total. The number of ether oxygens (including phenoxy) is 1. The maximum atomic E-state index is 13.3. The van der Waals surface area contributed by atoms with Crippen molar-refractivity contribution < 1.29 is 24.2 Å². The molecule has 146 valence electrons. The van der Waals surface area contributed by atoms with Crippen molar-refractivity contribution in [1.29, 1.82) is 0 Å². The number of nitrogens with zero attached hydrogens (tertiary/aromatic N) is 1. The molecule has 7 heteroatoms. The maximum absolute atomic E-state index is 13.3. The van der Waals surface area contributed by atoms with Crippen LogP contribution in [0.4, 0.5) is 9.59 Å². The number of hydrogen-bond donors (Lipinski definition) is 2. The third-order valence-corrected chi connectivity index (χ3v) is 4.91. The summed E-state index contributed by atoms with van der Waals surface area (Å²) in [5, 5.41) is 11.6. The Kier molecular flexibility index (Phi) is 5.93. The first-order valence-corrected chi connectivity index (χ1v) is 9.12. The van der Waals surface area contributed by atoms with E-state index < -0.39 is 36.1 Å². The molecule has 0 radical (unpaired) electrons. The van der Waals surface area contributed by atoms with Gasteiger partial charge in [0, 0.05) is 5.92 Å². The van der Waals surface area contributed by atoms with E-state index in [9.17, 15) is 19.5 Å². The molecule has 2 aromatic carbocycles. The fraction of sp³-hybridized carbons (Fsp3) is 0.286. The molecule has 1 saturated heterocycles. The Bertz CT molecular complexity index is 840. The Morgan fingerprint density at radius 1 is 1.14 bits per heavy atom. The molecule has 2 aromatic rings. The van der Waals surface area contributed by atoms with Crippen molar-refractivity contribution in [2.45, 2.75) is 31.3 Å². The van der Waals surface area contributed by atoms with Crippen molar-refractivity contribution in [2.24, 2.45) is 0 Å². The summed E-state index contributed by atoms with van der Waals surface area (Å²) in [6, 6.07) is 16.6. The molecule has 2 N–H and O–H groups in total. The van der Waals surface area contributed by atoms with Gasteiger partial charge in [-0.15, -0.1) is 0 Å². The Balaban J connectivity index is 1.96. The van der Waals surface area contributed by atoms with Crippen molar-refractivity contribution in [3.63, 3.8) is 0 Å². The zero-order valence-electron chi connectivity index (χ0n) is 15.4. The van der Waals surface area contributed by atoms with Gasteiger partial charge in [-0.2, -0.15) is 0 Å². The highest BCUT2D eigenvalue weighted by molar-refractivity contribution is 5.98. The summed E-state index contributed by atoms with van der Waals surface area (Å²) in [5.74, 6) is -1.04. The molecule has 1 heterocycles. The number of imide groups is 1. The summed E-state index contributed by atoms with van der Waals surface area (Å²) in [4.78, 5) is 38.1. The first-order valence-electron chi connectivity index (χ1n) is 9.12. The topological polar surface area (TPSA) is 95.9 Å². The molecule has 0 aromatic heterocycles. The highest BCUT2D eigenvalue weighted by atomic mass is 16.6. The second kappa shape index (κ2) is 8.56. The molecule has 0 saturated carbocycles. The molecule has 1 fully saturated rings. The van der Waals surface area contributed by atoms with E-state index in [1.807, 2.05) is 55.5 Å². The molecule has 0 unspecified atom stereocenters. The fourth-order valence-corrected chi connectivity index (χ4v) is 3.57. The van der Waals surface area contributed by atoms with Crippen LogP contribution in [-0.2, 0) is 9.53 Å². The molecule has 0 bridgehead atoms. The normalized spacial score (nSPS) is 18.2. The van der Waals surface area contributed by atoms with Gasteiger partial charge in [0.15, 0.2) is 0 Å². The van der Waals surface area contributed by atoms with Crippen LogP contribution in [-0.4, -0.2) is 40.7 Å². The number of carboxylic acid groups (broad SMARTS) is 1. The van der Waals surface area contributed by atoms with E-state index in [0.29, 0.717) is 6.42 Å². The van der Waals surface area contributed by atoms with Crippen LogP contribution in [0.5, 0.6) is 0 Å². The lowest BCUT2D eigenvalue weighted by Gasteiger charge is -2.30. The zero-order chi connectivity index (χ0) is 20.1. The quantitative estimate of drug-likeness (QED) is 0.797. The van der Waals surface area contributed by atoms with Crippen LogP contribution in [0.2, 0.25) is 0 Å². The minimum absolute atomic E-state index is 0.0382. The zero-order valence-corrected chi connectivity index (χ0v) is 15.4. The van der Waals surface area contributed by atoms with Crippen molar-refractivity contribution in [1.82, 2.24) is 10.2 Å². The Labute approximate surface area is 162 Å². The van der Waals surface area contributed by atoms with E-state index in [1.54, 1.807) is 12.1 Å². The van der Waals surface area contributed by atoms with Gasteiger partial charge < -0.3 is 15.2 Å². The summed E-state index contributed by atoms with van der Waals surface area (Å²) < 4.78 is 5.12. The van der Waals surface area contributed by atoms with Crippen molar-refractivity contribution >= 4 is 18.1 Å². The summed E-state index contributed by atoms with van der Waals surface area (Å²) in [6.45, 7) is 1.91.